The third kappa shape index (κ3) is 3.00. The van der Waals surface area contributed by atoms with E-state index in [1.165, 1.54) is 18.3 Å². The molecule has 1 heteroatoms. The Balaban J connectivity index is 2.33. The number of benzene rings is 2. The maximum absolute atomic E-state index is 4.38. The molecule has 0 unspecified atom stereocenters. The first-order chi connectivity index (χ1) is 9.03. The van der Waals surface area contributed by atoms with Crippen LogP contribution >= 0.6 is 0 Å². The van der Waals surface area contributed by atoms with Crippen LogP contribution in [0.25, 0.3) is 7.18 Å². The van der Waals surface area contributed by atoms with Crippen molar-refractivity contribution in [3.8, 4) is 0 Å². The topological polar surface area (TPSA) is 0 Å². The molecule has 2 aromatic carbocycles. The van der Waals surface area contributed by atoms with Gasteiger partial charge < -0.3 is 0 Å². The summed E-state index contributed by atoms with van der Waals surface area (Å²) in [7, 11) is 0. The van der Waals surface area contributed by atoms with Gasteiger partial charge in [0.1, 0.15) is 0 Å². The first kappa shape index (κ1) is 14.1. The van der Waals surface area contributed by atoms with E-state index in [0.717, 1.165) is 0 Å². The van der Waals surface area contributed by atoms with Crippen LogP contribution in [0.4, 0.5) is 0 Å². The van der Waals surface area contributed by atoms with Gasteiger partial charge >= 0.3 is 120 Å². The third-order valence-corrected chi connectivity index (χ3v) is 14.0. The zero-order valence-corrected chi connectivity index (χ0v) is 14.5. The molecule has 0 saturated heterocycles. The molecule has 0 aliphatic heterocycles. The van der Waals surface area contributed by atoms with Crippen molar-refractivity contribution in [2.45, 2.75) is 9.88 Å². The minimum atomic E-state index is -2.61. The maximum atomic E-state index is 4.38. The predicted octanol–water partition coefficient (Wildman–Crippen LogP) is 5.20. The van der Waals surface area contributed by atoms with Crippen LogP contribution < -0.4 is 0 Å². The van der Waals surface area contributed by atoms with E-state index in [4.69, 9.17) is 0 Å². The van der Waals surface area contributed by atoms with Crippen molar-refractivity contribution in [3.63, 3.8) is 0 Å². The second-order valence-corrected chi connectivity index (χ2v) is 18.0. The van der Waals surface area contributed by atoms with Gasteiger partial charge in [0.2, 0.25) is 0 Å². The van der Waals surface area contributed by atoms with Crippen molar-refractivity contribution in [1.82, 2.24) is 0 Å². The quantitative estimate of drug-likeness (QED) is 0.662. The number of hydrogen-bond acceptors (Lipinski definition) is 0. The summed E-state index contributed by atoms with van der Waals surface area (Å²) in [5, 5.41) is 0. The molecule has 0 saturated carbocycles. The Bertz CT molecular complexity index is 526. The first-order valence-electron chi connectivity index (χ1n) is 6.53. The molecule has 0 fully saturated rings. The summed E-state index contributed by atoms with van der Waals surface area (Å²) in [5.41, 5.74) is 2.53. The second-order valence-electron chi connectivity index (χ2n) is 5.31. The summed E-state index contributed by atoms with van der Waals surface area (Å²) in [5.74, 6) is 0. The van der Waals surface area contributed by atoms with Gasteiger partial charge in [0.25, 0.3) is 0 Å². The SMILES string of the molecule is C=[C](c1ccccc1)[Sn]([CH3])([CH3])[C](=C)c1ccccc1. The summed E-state index contributed by atoms with van der Waals surface area (Å²) >= 11 is -2.61. The molecule has 0 bridgehead atoms. The summed E-state index contributed by atoms with van der Waals surface area (Å²) in [6.07, 6.45) is 0. The van der Waals surface area contributed by atoms with Crippen molar-refractivity contribution in [2.24, 2.45) is 0 Å². The molecule has 19 heavy (non-hydrogen) atoms. The van der Waals surface area contributed by atoms with Gasteiger partial charge in [0.15, 0.2) is 0 Å². The molecule has 0 amide bonds. The van der Waals surface area contributed by atoms with Gasteiger partial charge in [0.05, 0.1) is 0 Å². The molecule has 0 aliphatic rings. The molecule has 0 N–H and O–H groups in total. The van der Waals surface area contributed by atoms with Crippen molar-refractivity contribution in [2.75, 3.05) is 0 Å². The van der Waals surface area contributed by atoms with Crippen molar-refractivity contribution < 1.29 is 0 Å². The van der Waals surface area contributed by atoms with Crippen LogP contribution in [0.1, 0.15) is 11.1 Å². The Hall–Kier alpha value is -1.28. The fourth-order valence-corrected chi connectivity index (χ4v) is 8.29. The van der Waals surface area contributed by atoms with Crippen LogP contribution in [0, 0.1) is 0 Å². The summed E-state index contributed by atoms with van der Waals surface area (Å²) in [6, 6.07) is 21.0. The van der Waals surface area contributed by atoms with Gasteiger partial charge in [0, 0.05) is 0 Å². The predicted molar refractivity (Wildman–Crippen MR) is 88.4 cm³/mol. The van der Waals surface area contributed by atoms with Crippen LogP contribution in [0.2, 0.25) is 9.88 Å². The van der Waals surface area contributed by atoms with Crippen molar-refractivity contribution >= 4 is 25.6 Å². The normalized spacial score (nSPS) is 11.1. The van der Waals surface area contributed by atoms with E-state index in [2.05, 4.69) is 71.6 Å². The molecule has 0 nitrogen and oxygen atoms in total. The monoisotopic (exact) mass is 356 g/mol. The molecule has 2 rings (SSSR count). The molecule has 0 atom stereocenters. The van der Waals surface area contributed by atoms with E-state index in [-0.39, 0.29) is 0 Å². The molecule has 0 aliphatic carbocycles. The van der Waals surface area contributed by atoms with Gasteiger partial charge in [-0.15, -0.1) is 0 Å². The fourth-order valence-electron chi connectivity index (χ4n) is 2.18. The van der Waals surface area contributed by atoms with E-state index < -0.39 is 18.4 Å². The van der Waals surface area contributed by atoms with Crippen molar-refractivity contribution in [1.29, 1.82) is 0 Å². The standard InChI is InChI=1S/2C8H7.2CH3.Sn/c2*1-2-8-6-4-3-5-7-8;;;/h2*3-7H,1H2;2*1H3;. The Morgan fingerprint density at radius 3 is 1.32 bits per heavy atom. The molecule has 0 spiro atoms. The van der Waals surface area contributed by atoms with Crippen molar-refractivity contribution in [3.05, 3.63) is 84.9 Å². The minimum absolute atomic E-state index is 1.26. The van der Waals surface area contributed by atoms with Gasteiger partial charge in [-0.2, -0.15) is 0 Å². The van der Waals surface area contributed by atoms with Crippen LogP contribution in [-0.4, -0.2) is 18.4 Å². The van der Waals surface area contributed by atoms with Crippen LogP contribution in [0.5, 0.6) is 0 Å². The average Bonchev–Trinajstić information content (AvgIpc) is 2.47. The van der Waals surface area contributed by atoms with Gasteiger partial charge in [-0.1, -0.05) is 0 Å². The van der Waals surface area contributed by atoms with Gasteiger partial charge in [-0.3, -0.25) is 0 Å². The summed E-state index contributed by atoms with van der Waals surface area (Å²) < 4.78 is 2.62. The van der Waals surface area contributed by atoms with Crippen LogP contribution in [-0.2, 0) is 0 Å². The van der Waals surface area contributed by atoms with E-state index in [1.807, 2.05) is 12.1 Å². The third-order valence-electron chi connectivity index (χ3n) is 3.75. The molecule has 2 aromatic rings. The summed E-state index contributed by atoms with van der Waals surface area (Å²) in [6.45, 7) is 8.75. The molecule has 96 valence electrons. The number of hydrogen-bond donors (Lipinski definition) is 0. The Morgan fingerprint density at radius 2 is 1.00 bits per heavy atom. The van der Waals surface area contributed by atoms with Crippen LogP contribution in [0.3, 0.4) is 0 Å². The molecular weight excluding hydrogens is 335 g/mol. The first-order valence-corrected chi connectivity index (χ1v) is 15.1. The Kier molecular flexibility index (Phi) is 4.30. The zero-order chi connectivity index (χ0) is 13.9. The van der Waals surface area contributed by atoms with E-state index in [0.29, 0.717) is 0 Å². The van der Waals surface area contributed by atoms with Gasteiger partial charge in [-0.25, -0.2) is 0 Å². The van der Waals surface area contributed by atoms with E-state index in [9.17, 15) is 0 Å². The average molecular weight is 355 g/mol. The van der Waals surface area contributed by atoms with E-state index >= 15 is 0 Å². The van der Waals surface area contributed by atoms with Crippen LogP contribution in [0.15, 0.2) is 73.8 Å². The fraction of sp³-hybridized carbons (Fsp3) is 0.111. The second kappa shape index (κ2) is 5.79. The Labute approximate surface area is 120 Å². The summed E-state index contributed by atoms with van der Waals surface area (Å²) in [4.78, 5) is 4.78. The molecule has 0 aromatic heterocycles. The van der Waals surface area contributed by atoms with Gasteiger partial charge in [-0.05, 0) is 0 Å². The molecule has 0 radical (unpaired) electrons. The Morgan fingerprint density at radius 1 is 0.684 bits per heavy atom. The zero-order valence-electron chi connectivity index (χ0n) is 11.7. The molecule has 0 heterocycles. The van der Waals surface area contributed by atoms with E-state index in [1.54, 1.807) is 0 Å². The number of rotatable bonds is 4. The molecular formula is C18H20Sn.